The monoisotopic (exact) mass is 128 g/mol. The normalized spacial score (nSPS) is 19.7. The van der Waals surface area contributed by atoms with Crippen LogP contribution in [0, 0.1) is 5.41 Å². The fourth-order valence-electron chi connectivity index (χ4n) is 0.919. The number of ether oxygens (including phenoxy) is 1. The van der Waals surface area contributed by atoms with Crippen LogP contribution >= 0.6 is 0 Å². The van der Waals surface area contributed by atoms with Gasteiger partial charge in [0.05, 0.1) is 6.61 Å². The minimum atomic E-state index is 0.337. The Morgan fingerprint density at radius 3 is 3.00 bits per heavy atom. The third-order valence-corrected chi connectivity index (χ3v) is 1.48. The lowest BCUT2D eigenvalue weighted by atomic mass is 10.4. The highest BCUT2D eigenvalue weighted by Gasteiger charge is 2.12. The van der Waals surface area contributed by atoms with Gasteiger partial charge in [0.15, 0.2) is 0 Å². The standard InChI is InChI=1S/C6H12N2O/c1-2-8-4-3-5-9-6(8)7/h7H,2-5H2,1H3. The average molecular weight is 128 g/mol. The van der Waals surface area contributed by atoms with E-state index < -0.39 is 0 Å². The molecule has 52 valence electrons. The van der Waals surface area contributed by atoms with Gasteiger partial charge < -0.3 is 9.64 Å². The van der Waals surface area contributed by atoms with Crippen LogP contribution in [-0.2, 0) is 4.74 Å². The van der Waals surface area contributed by atoms with Crippen molar-refractivity contribution >= 4 is 6.02 Å². The van der Waals surface area contributed by atoms with Crippen LogP contribution in [0.1, 0.15) is 13.3 Å². The molecule has 1 aliphatic rings. The van der Waals surface area contributed by atoms with Crippen LogP contribution in [-0.4, -0.2) is 30.6 Å². The van der Waals surface area contributed by atoms with Crippen molar-refractivity contribution < 1.29 is 4.74 Å². The average Bonchev–Trinajstić information content (AvgIpc) is 1.89. The molecule has 0 aromatic rings. The predicted molar refractivity (Wildman–Crippen MR) is 35.5 cm³/mol. The Labute approximate surface area is 55.1 Å². The van der Waals surface area contributed by atoms with Crippen LogP contribution in [0.4, 0.5) is 0 Å². The first-order valence-corrected chi connectivity index (χ1v) is 3.31. The minimum absolute atomic E-state index is 0.337. The summed E-state index contributed by atoms with van der Waals surface area (Å²) in [7, 11) is 0. The number of hydrogen-bond donors (Lipinski definition) is 1. The highest BCUT2D eigenvalue weighted by atomic mass is 16.5. The predicted octanol–water partition coefficient (Wildman–Crippen LogP) is 0.663. The molecule has 0 aromatic heterocycles. The van der Waals surface area contributed by atoms with Gasteiger partial charge in [-0.3, -0.25) is 5.41 Å². The van der Waals surface area contributed by atoms with Crippen molar-refractivity contribution in [2.45, 2.75) is 13.3 Å². The topological polar surface area (TPSA) is 36.3 Å². The molecule has 0 amide bonds. The van der Waals surface area contributed by atoms with Gasteiger partial charge in [-0.1, -0.05) is 0 Å². The Morgan fingerprint density at radius 1 is 1.78 bits per heavy atom. The zero-order valence-corrected chi connectivity index (χ0v) is 5.68. The molecule has 3 heteroatoms. The molecule has 0 atom stereocenters. The Bertz CT molecular complexity index is 114. The van der Waals surface area contributed by atoms with E-state index in [0.29, 0.717) is 6.02 Å². The quantitative estimate of drug-likeness (QED) is 0.563. The molecule has 9 heavy (non-hydrogen) atoms. The molecule has 0 unspecified atom stereocenters. The molecule has 1 aliphatic heterocycles. The Kier molecular flexibility index (Phi) is 1.92. The maximum absolute atomic E-state index is 7.25. The van der Waals surface area contributed by atoms with Gasteiger partial charge in [0.1, 0.15) is 0 Å². The Balaban J connectivity index is 2.39. The van der Waals surface area contributed by atoms with Crippen molar-refractivity contribution in [2.75, 3.05) is 19.7 Å². The number of rotatable bonds is 1. The first kappa shape index (κ1) is 6.39. The zero-order chi connectivity index (χ0) is 6.69. The summed E-state index contributed by atoms with van der Waals surface area (Å²) < 4.78 is 4.99. The van der Waals surface area contributed by atoms with Crippen LogP contribution in [0.25, 0.3) is 0 Å². The second-order valence-corrected chi connectivity index (χ2v) is 2.09. The van der Waals surface area contributed by atoms with Crippen molar-refractivity contribution in [1.29, 1.82) is 5.41 Å². The summed E-state index contributed by atoms with van der Waals surface area (Å²) in [6, 6.07) is 0.337. The second kappa shape index (κ2) is 2.71. The Morgan fingerprint density at radius 2 is 2.56 bits per heavy atom. The maximum Gasteiger partial charge on any atom is 0.284 e. The van der Waals surface area contributed by atoms with Crippen LogP contribution in [0.3, 0.4) is 0 Å². The van der Waals surface area contributed by atoms with E-state index in [9.17, 15) is 0 Å². The summed E-state index contributed by atoms with van der Waals surface area (Å²) in [6.07, 6.45) is 1.05. The van der Waals surface area contributed by atoms with Crippen molar-refractivity contribution in [2.24, 2.45) is 0 Å². The second-order valence-electron chi connectivity index (χ2n) is 2.09. The lowest BCUT2D eigenvalue weighted by Gasteiger charge is -2.27. The third-order valence-electron chi connectivity index (χ3n) is 1.48. The molecule has 0 radical (unpaired) electrons. The summed E-state index contributed by atoms with van der Waals surface area (Å²) in [6.45, 7) is 4.62. The van der Waals surface area contributed by atoms with Gasteiger partial charge in [0.25, 0.3) is 6.02 Å². The maximum atomic E-state index is 7.25. The molecule has 1 saturated heterocycles. The molecule has 1 rings (SSSR count). The molecule has 3 nitrogen and oxygen atoms in total. The van der Waals surface area contributed by atoms with Crippen molar-refractivity contribution in [3.63, 3.8) is 0 Å². The van der Waals surface area contributed by atoms with Gasteiger partial charge in [0.2, 0.25) is 0 Å². The molecule has 1 heterocycles. The van der Waals surface area contributed by atoms with Gasteiger partial charge in [0, 0.05) is 13.1 Å². The fraction of sp³-hybridized carbons (Fsp3) is 0.833. The van der Waals surface area contributed by atoms with Gasteiger partial charge >= 0.3 is 0 Å². The highest BCUT2D eigenvalue weighted by Crippen LogP contribution is 2.01. The number of amidine groups is 1. The first-order valence-electron chi connectivity index (χ1n) is 3.31. The molecular weight excluding hydrogens is 116 g/mol. The molecule has 1 fully saturated rings. The molecular formula is C6H12N2O. The molecule has 0 aliphatic carbocycles. The molecule has 0 aromatic carbocycles. The van der Waals surface area contributed by atoms with Crippen molar-refractivity contribution in [3.8, 4) is 0 Å². The van der Waals surface area contributed by atoms with Crippen LogP contribution in [0.5, 0.6) is 0 Å². The third kappa shape index (κ3) is 1.34. The summed E-state index contributed by atoms with van der Waals surface area (Å²) in [5, 5.41) is 7.25. The SMILES string of the molecule is CCN1CCCOC1=N. The first-order chi connectivity index (χ1) is 4.34. The van der Waals surface area contributed by atoms with E-state index in [0.717, 1.165) is 26.1 Å². The van der Waals surface area contributed by atoms with Crippen molar-refractivity contribution in [3.05, 3.63) is 0 Å². The molecule has 0 bridgehead atoms. The smallest absolute Gasteiger partial charge is 0.284 e. The molecule has 0 saturated carbocycles. The largest absolute Gasteiger partial charge is 0.465 e. The van der Waals surface area contributed by atoms with E-state index in [-0.39, 0.29) is 0 Å². The van der Waals surface area contributed by atoms with E-state index in [4.69, 9.17) is 10.1 Å². The highest BCUT2D eigenvalue weighted by molar-refractivity contribution is 5.70. The van der Waals surface area contributed by atoms with E-state index in [1.807, 2.05) is 11.8 Å². The van der Waals surface area contributed by atoms with E-state index >= 15 is 0 Å². The summed E-state index contributed by atoms with van der Waals surface area (Å²) in [5.41, 5.74) is 0. The van der Waals surface area contributed by atoms with E-state index in [2.05, 4.69) is 0 Å². The Hall–Kier alpha value is -0.730. The van der Waals surface area contributed by atoms with Crippen LogP contribution in [0.2, 0.25) is 0 Å². The lowest BCUT2D eigenvalue weighted by Crippen LogP contribution is -2.37. The summed E-state index contributed by atoms with van der Waals surface area (Å²) in [4.78, 5) is 1.92. The van der Waals surface area contributed by atoms with Gasteiger partial charge in [-0.2, -0.15) is 0 Å². The van der Waals surface area contributed by atoms with Crippen molar-refractivity contribution in [1.82, 2.24) is 4.90 Å². The van der Waals surface area contributed by atoms with E-state index in [1.165, 1.54) is 0 Å². The van der Waals surface area contributed by atoms with E-state index in [1.54, 1.807) is 0 Å². The number of hydrogen-bond acceptors (Lipinski definition) is 2. The van der Waals surface area contributed by atoms with Crippen LogP contribution < -0.4 is 0 Å². The zero-order valence-electron chi connectivity index (χ0n) is 5.68. The molecule has 0 spiro atoms. The summed E-state index contributed by atoms with van der Waals surface area (Å²) >= 11 is 0. The summed E-state index contributed by atoms with van der Waals surface area (Å²) in [5.74, 6) is 0. The number of nitrogens with zero attached hydrogens (tertiary/aromatic N) is 1. The van der Waals surface area contributed by atoms with Crippen LogP contribution in [0.15, 0.2) is 0 Å². The van der Waals surface area contributed by atoms with Gasteiger partial charge in [-0.05, 0) is 13.3 Å². The number of nitrogens with one attached hydrogen (secondary N) is 1. The minimum Gasteiger partial charge on any atom is -0.465 e. The molecule has 1 N–H and O–H groups in total. The lowest BCUT2D eigenvalue weighted by molar-refractivity contribution is 0.175. The fourth-order valence-corrected chi connectivity index (χ4v) is 0.919. The van der Waals surface area contributed by atoms with Gasteiger partial charge in [-0.15, -0.1) is 0 Å². The van der Waals surface area contributed by atoms with Gasteiger partial charge in [-0.25, -0.2) is 0 Å².